The molecule has 0 bridgehead atoms. The highest BCUT2D eigenvalue weighted by Crippen LogP contribution is 2.32. The Labute approximate surface area is 245 Å². The highest BCUT2D eigenvalue weighted by Gasteiger charge is 2.35. The topological polar surface area (TPSA) is 120 Å². The summed E-state index contributed by atoms with van der Waals surface area (Å²) < 4.78 is 1.72. The normalized spacial score (nSPS) is 18.4. The molecule has 5 heterocycles. The second kappa shape index (κ2) is 11.3. The minimum Gasteiger partial charge on any atom is -0.367 e. The van der Waals surface area contributed by atoms with Crippen LogP contribution in [-0.4, -0.2) is 105 Å². The highest BCUT2D eigenvalue weighted by molar-refractivity contribution is 5.99. The van der Waals surface area contributed by atoms with Gasteiger partial charge in [0.2, 0.25) is 5.95 Å². The van der Waals surface area contributed by atoms with Gasteiger partial charge in [-0.05, 0) is 44.4 Å². The van der Waals surface area contributed by atoms with Gasteiger partial charge in [0.05, 0.1) is 17.4 Å². The number of rotatable bonds is 6. The molecular weight excluding hydrogens is 534 g/mol. The number of fused-ring (bicyclic) bond motifs is 1. The summed E-state index contributed by atoms with van der Waals surface area (Å²) >= 11 is 0. The third-order valence-corrected chi connectivity index (χ3v) is 8.95. The van der Waals surface area contributed by atoms with Crippen molar-refractivity contribution in [3.8, 4) is 0 Å². The van der Waals surface area contributed by atoms with Crippen LogP contribution in [0.25, 0.3) is 11.0 Å². The van der Waals surface area contributed by atoms with Crippen LogP contribution >= 0.6 is 0 Å². The Kier molecular flexibility index (Phi) is 7.56. The Balaban J connectivity index is 1.13. The van der Waals surface area contributed by atoms with Crippen molar-refractivity contribution in [3.63, 3.8) is 0 Å². The first-order valence-corrected chi connectivity index (χ1v) is 14.8. The van der Waals surface area contributed by atoms with Crippen LogP contribution in [-0.2, 0) is 0 Å². The Hall–Kier alpha value is -4.06. The Bertz CT molecular complexity index is 1550. The number of piperazine rings is 1. The molecule has 2 saturated heterocycles. The molecule has 3 fully saturated rings. The SMILES string of the molecule is CC(=O)c1c(C)c2cnc(Nc3ccc(N4CC(N5CCN(C(=O)N(C)C)CC5)C4)cn3)nc2n(C2CCCC2)c1=O. The van der Waals surface area contributed by atoms with E-state index < -0.39 is 0 Å². The molecule has 1 saturated carbocycles. The fraction of sp³-hybridized carbons (Fsp3) is 0.533. The minimum absolute atomic E-state index is 0.0311. The van der Waals surface area contributed by atoms with Gasteiger partial charge in [0.1, 0.15) is 11.5 Å². The van der Waals surface area contributed by atoms with Crippen LogP contribution in [0, 0.1) is 6.92 Å². The number of Topliss-reactive ketones (excluding diaryl/α,β-unsaturated/α-hetero) is 1. The molecule has 3 aromatic rings. The summed E-state index contributed by atoms with van der Waals surface area (Å²) in [5.74, 6) is 0.744. The van der Waals surface area contributed by atoms with Crippen molar-refractivity contribution in [1.82, 2.24) is 34.2 Å². The summed E-state index contributed by atoms with van der Waals surface area (Å²) in [6, 6.07) is 4.55. The lowest BCUT2D eigenvalue weighted by Crippen LogP contribution is -2.64. The molecule has 1 aliphatic carbocycles. The molecule has 12 nitrogen and oxygen atoms in total. The van der Waals surface area contributed by atoms with Crippen LogP contribution in [0.2, 0.25) is 0 Å². The molecule has 222 valence electrons. The summed E-state index contributed by atoms with van der Waals surface area (Å²) in [5.41, 5.74) is 2.21. The number of ketones is 1. The zero-order valence-electron chi connectivity index (χ0n) is 24.8. The smallest absolute Gasteiger partial charge is 0.319 e. The molecule has 0 atom stereocenters. The fourth-order valence-corrected chi connectivity index (χ4v) is 6.53. The fourth-order valence-electron chi connectivity index (χ4n) is 6.53. The molecule has 3 aliphatic rings. The predicted octanol–water partition coefficient (Wildman–Crippen LogP) is 3.04. The maximum absolute atomic E-state index is 13.5. The van der Waals surface area contributed by atoms with Gasteiger partial charge in [0, 0.05) is 77.0 Å². The lowest BCUT2D eigenvalue weighted by atomic mass is 10.0. The molecule has 12 heteroatoms. The van der Waals surface area contributed by atoms with E-state index in [2.05, 4.69) is 25.1 Å². The largest absolute Gasteiger partial charge is 0.367 e. The number of pyridine rings is 2. The first-order valence-electron chi connectivity index (χ1n) is 14.8. The lowest BCUT2D eigenvalue weighted by molar-refractivity contribution is 0.0867. The lowest BCUT2D eigenvalue weighted by Gasteiger charge is -2.49. The summed E-state index contributed by atoms with van der Waals surface area (Å²) in [5, 5.41) is 3.92. The van der Waals surface area contributed by atoms with Crippen LogP contribution in [0.3, 0.4) is 0 Å². The maximum atomic E-state index is 13.5. The number of amides is 2. The number of aryl methyl sites for hydroxylation is 1. The summed E-state index contributed by atoms with van der Waals surface area (Å²) in [7, 11) is 3.59. The van der Waals surface area contributed by atoms with Crippen LogP contribution in [0.5, 0.6) is 0 Å². The van der Waals surface area contributed by atoms with Gasteiger partial charge in [-0.3, -0.25) is 19.1 Å². The van der Waals surface area contributed by atoms with Crippen LogP contribution in [0.15, 0.2) is 29.3 Å². The molecule has 6 rings (SSSR count). The average Bonchev–Trinajstić information content (AvgIpc) is 3.47. The van der Waals surface area contributed by atoms with Crippen molar-refractivity contribution in [2.45, 2.75) is 51.6 Å². The minimum atomic E-state index is -0.261. The van der Waals surface area contributed by atoms with Gasteiger partial charge < -0.3 is 20.0 Å². The van der Waals surface area contributed by atoms with E-state index in [1.165, 1.54) is 6.92 Å². The molecule has 0 unspecified atom stereocenters. The van der Waals surface area contributed by atoms with Gasteiger partial charge in [-0.15, -0.1) is 0 Å². The third-order valence-electron chi connectivity index (χ3n) is 8.95. The maximum Gasteiger partial charge on any atom is 0.319 e. The van der Waals surface area contributed by atoms with E-state index in [1.54, 1.807) is 36.7 Å². The molecular formula is C30H39N9O3. The number of hydrogen-bond donors (Lipinski definition) is 1. The molecule has 3 aromatic heterocycles. The quantitative estimate of drug-likeness (QED) is 0.444. The molecule has 0 radical (unpaired) electrons. The van der Waals surface area contributed by atoms with Gasteiger partial charge in [-0.1, -0.05) is 12.8 Å². The predicted molar refractivity (Wildman–Crippen MR) is 162 cm³/mol. The van der Waals surface area contributed by atoms with Crippen LogP contribution in [0.4, 0.5) is 22.2 Å². The zero-order chi connectivity index (χ0) is 29.5. The van der Waals surface area contributed by atoms with E-state index in [1.807, 2.05) is 23.2 Å². The number of anilines is 3. The van der Waals surface area contributed by atoms with E-state index in [4.69, 9.17) is 4.98 Å². The van der Waals surface area contributed by atoms with Crippen molar-refractivity contribution >= 4 is 40.3 Å². The number of carbonyl (C=O) groups is 2. The molecule has 0 aromatic carbocycles. The van der Waals surface area contributed by atoms with E-state index in [0.717, 1.165) is 76.0 Å². The van der Waals surface area contributed by atoms with Gasteiger partial charge in [-0.25, -0.2) is 14.8 Å². The highest BCUT2D eigenvalue weighted by atomic mass is 16.2. The van der Waals surface area contributed by atoms with Crippen LogP contribution < -0.4 is 15.8 Å². The number of carbonyl (C=O) groups excluding carboxylic acids is 2. The van der Waals surface area contributed by atoms with Crippen molar-refractivity contribution in [1.29, 1.82) is 0 Å². The monoisotopic (exact) mass is 573 g/mol. The van der Waals surface area contributed by atoms with Gasteiger partial charge in [0.25, 0.3) is 5.56 Å². The van der Waals surface area contributed by atoms with Crippen molar-refractivity contribution in [2.24, 2.45) is 0 Å². The number of nitrogens with one attached hydrogen (secondary N) is 1. The molecule has 1 N–H and O–H groups in total. The summed E-state index contributed by atoms with van der Waals surface area (Å²) in [6.07, 6.45) is 7.46. The first kappa shape index (κ1) is 28.1. The summed E-state index contributed by atoms with van der Waals surface area (Å²) in [6.45, 7) is 8.43. The number of urea groups is 1. The molecule has 2 aliphatic heterocycles. The molecule has 2 amide bonds. The molecule has 0 spiro atoms. The second-order valence-electron chi connectivity index (χ2n) is 11.9. The molecule has 42 heavy (non-hydrogen) atoms. The van der Waals surface area contributed by atoms with Crippen LogP contribution in [0.1, 0.15) is 54.6 Å². The number of hydrogen-bond acceptors (Lipinski definition) is 9. The van der Waals surface area contributed by atoms with E-state index in [9.17, 15) is 14.4 Å². The van der Waals surface area contributed by atoms with Gasteiger partial charge >= 0.3 is 6.03 Å². The van der Waals surface area contributed by atoms with Crippen molar-refractivity contribution < 1.29 is 9.59 Å². The first-order chi connectivity index (χ1) is 20.2. The summed E-state index contributed by atoms with van der Waals surface area (Å²) in [4.78, 5) is 60.2. The van der Waals surface area contributed by atoms with Gasteiger partial charge in [-0.2, -0.15) is 4.98 Å². The van der Waals surface area contributed by atoms with Crippen molar-refractivity contribution in [2.75, 3.05) is 63.6 Å². The Morgan fingerprint density at radius 2 is 1.69 bits per heavy atom. The second-order valence-corrected chi connectivity index (χ2v) is 11.9. The number of nitrogens with zero attached hydrogens (tertiary/aromatic N) is 8. The van der Waals surface area contributed by atoms with Gasteiger partial charge in [0.15, 0.2) is 5.78 Å². The number of aromatic nitrogens is 4. The third kappa shape index (κ3) is 5.19. The van der Waals surface area contributed by atoms with Crippen molar-refractivity contribution in [3.05, 3.63) is 46.0 Å². The van der Waals surface area contributed by atoms with E-state index >= 15 is 0 Å². The van der Waals surface area contributed by atoms with E-state index in [0.29, 0.717) is 29.0 Å². The average molecular weight is 574 g/mol. The Morgan fingerprint density at radius 1 is 0.976 bits per heavy atom. The Morgan fingerprint density at radius 3 is 2.31 bits per heavy atom. The van der Waals surface area contributed by atoms with E-state index in [-0.39, 0.29) is 29.0 Å². The zero-order valence-corrected chi connectivity index (χ0v) is 24.8. The standard InChI is InChI=1S/C30H39N9O3/c1-19-24-16-32-29(34-27(24)39(21-7-5-6-8-21)28(41)26(19)20(2)40)33-25-10-9-22(15-31-25)38-17-23(18-38)36-11-13-37(14-12-36)30(42)35(3)4/h9-10,15-16,21,23H,5-8,11-14,17-18H2,1-4H3,(H,31,32,33,34).